The van der Waals surface area contributed by atoms with Gasteiger partial charge in [-0.1, -0.05) is 0 Å². The Morgan fingerprint density at radius 1 is 0.917 bits per heavy atom. The van der Waals surface area contributed by atoms with E-state index in [0.29, 0.717) is 6.42 Å². The maximum absolute atomic E-state index is 8.74. The largest absolute Gasteiger partial charge is 0.396 e. The van der Waals surface area contributed by atoms with Crippen LogP contribution in [0.25, 0.3) is 0 Å². The van der Waals surface area contributed by atoms with E-state index in [1.165, 1.54) is 0 Å². The Hall–Kier alpha value is -0.290. The number of hydrogen-bond donors (Lipinski definition) is 6. The van der Waals surface area contributed by atoms with Crippen molar-refractivity contribution in [3.63, 3.8) is 0 Å². The molecule has 80 valence electrons. The molecule has 0 rings (SSSR count). The van der Waals surface area contributed by atoms with Crippen molar-refractivity contribution in [2.75, 3.05) is 13.2 Å². The highest BCUT2D eigenvalue weighted by molar-refractivity contribution is 7.79. The Labute approximate surface area is 71.0 Å². The lowest BCUT2D eigenvalue weighted by atomic mass is 10.5. The maximum Gasteiger partial charge on any atom is 0.394 e. The monoisotopic (exact) mass is 208 g/mol. The fourth-order valence-electron chi connectivity index (χ4n) is 0.0707. The SMILES string of the molecule is N.N.O=S(=O)(O)O.OCCCO. The van der Waals surface area contributed by atoms with Gasteiger partial charge in [0.15, 0.2) is 0 Å². The van der Waals surface area contributed by atoms with Crippen molar-refractivity contribution in [3.8, 4) is 0 Å². The molecule has 0 aliphatic heterocycles. The second-order valence-electron chi connectivity index (χ2n) is 1.25. The summed E-state index contributed by atoms with van der Waals surface area (Å²) >= 11 is 0. The van der Waals surface area contributed by atoms with Crippen LogP contribution in [0.2, 0.25) is 0 Å². The minimum absolute atomic E-state index is 0. The van der Waals surface area contributed by atoms with Crippen LogP contribution in [0.3, 0.4) is 0 Å². The van der Waals surface area contributed by atoms with Crippen molar-refractivity contribution < 1.29 is 27.7 Å². The second-order valence-corrected chi connectivity index (χ2v) is 2.14. The summed E-state index contributed by atoms with van der Waals surface area (Å²) in [6.45, 7) is 0.188. The highest BCUT2D eigenvalue weighted by atomic mass is 32.3. The fourth-order valence-corrected chi connectivity index (χ4v) is 0.0707. The second kappa shape index (κ2) is 13.3. The predicted molar refractivity (Wildman–Crippen MR) is 43.0 cm³/mol. The zero-order valence-electron chi connectivity index (χ0n) is 6.55. The average Bonchev–Trinajstić information content (AvgIpc) is 1.63. The topological polar surface area (TPSA) is 185 Å². The van der Waals surface area contributed by atoms with Crippen LogP contribution in [-0.2, 0) is 10.4 Å². The molecule has 0 radical (unpaired) electrons. The van der Waals surface area contributed by atoms with Crippen LogP contribution < -0.4 is 12.3 Å². The lowest BCUT2D eigenvalue weighted by Crippen LogP contribution is -1.89. The molecule has 0 spiro atoms. The number of aliphatic hydroxyl groups excluding tert-OH is 2. The third kappa shape index (κ3) is 252. The van der Waals surface area contributed by atoms with Gasteiger partial charge < -0.3 is 22.5 Å². The Balaban J connectivity index is -0.0000000457. The van der Waals surface area contributed by atoms with Crippen molar-refractivity contribution in [2.45, 2.75) is 6.42 Å². The van der Waals surface area contributed by atoms with Crippen molar-refractivity contribution in [1.29, 1.82) is 0 Å². The third-order valence-electron chi connectivity index (χ3n) is 0.316. The molecule has 12 heavy (non-hydrogen) atoms. The molecule has 0 aliphatic rings. The smallest absolute Gasteiger partial charge is 0.394 e. The van der Waals surface area contributed by atoms with E-state index in [-0.39, 0.29) is 25.5 Å². The van der Waals surface area contributed by atoms with Gasteiger partial charge in [0.05, 0.1) is 0 Å². The summed E-state index contributed by atoms with van der Waals surface area (Å²) < 4.78 is 31.6. The summed E-state index contributed by atoms with van der Waals surface area (Å²) in [4.78, 5) is 0. The van der Waals surface area contributed by atoms with Gasteiger partial charge >= 0.3 is 10.4 Å². The fraction of sp³-hybridized carbons (Fsp3) is 1.00. The molecule has 0 atom stereocenters. The van der Waals surface area contributed by atoms with Crippen LogP contribution >= 0.6 is 0 Å². The van der Waals surface area contributed by atoms with E-state index in [2.05, 4.69) is 0 Å². The molecule has 8 nitrogen and oxygen atoms in total. The van der Waals surface area contributed by atoms with E-state index in [9.17, 15) is 0 Å². The zero-order valence-corrected chi connectivity index (χ0v) is 7.37. The summed E-state index contributed by atoms with van der Waals surface area (Å²) in [6.07, 6.45) is 0.500. The normalized spacial score (nSPS) is 8.33. The van der Waals surface area contributed by atoms with Crippen LogP contribution in [0.4, 0.5) is 0 Å². The van der Waals surface area contributed by atoms with Gasteiger partial charge in [-0.3, -0.25) is 9.11 Å². The Morgan fingerprint density at radius 3 is 1.08 bits per heavy atom. The van der Waals surface area contributed by atoms with Crippen LogP contribution in [0, 0.1) is 0 Å². The zero-order chi connectivity index (χ0) is 8.62. The van der Waals surface area contributed by atoms with Gasteiger partial charge in [-0.05, 0) is 6.42 Å². The first-order valence-corrected chi connectivity index (χ1v) is 3.73. The molecule has 9 heteroatoms. The molecule has 0 fully saturated rings. The number of rotatable bonds is 2. The van der Waals surface area contributed by atoms with Crippen LogP contribution in [0.15, 0.2) is 0 Å². The van der Waals surface area contributed by atoms with Crippen LogP contribution in [0.5, 0.6) is 0 Å². The Morgan fingerprint density at radius 2 is 1.08 bits per heavy atom. The summed E-state index contributed by atoms with van der Waals surface area (Å²) in [5.74, 6) is 0. The average molecular weight is 208 g/mol. The molecule has 0 saturated heterocycles. The first-order chi connectivity index (χ1) is 4.41. The highest BCUT2D eigenvalue weighted by Crippen LogP contribution is 1.65. The molecular weight excluding hydrogens is 192 g/mol. The van der Waals surface area contributed by atoms with E-state index in [4.69, 9.17) is 27.7 Å². The molecule has 0 aliphatic carbocycles. The minimum Gasteiger partial charge on any atom is -0.396 e. The van der Waals surface area contributed by atoms with Gasteiger partial charge in [0.1, 0.15) is 0 Å². The quantitative estimate of drug-likeness (QED) is 0.313. The molecule has 0 aromatic rings. The summed E-state index contributed by atoms with van der Waals surface area (Å²) in [5.41, 5.74) is 0. The highest BCUT2D eigenvalue weighted by Gasteiger charge is 1.84. The van der Waals surface area contributed by atoms with E-state index < -0.39 is 10.4 Å². The van der Waals surface area contributed by atoms with E-state index in [1.54, 1.807) is 0 Å². The molecule has 0 aromatic heterocycles. The molecule has 10 N–H and O–H groups in total. The predicted octanol–water partition coefficient (Wildman–Crippen LogP) is -0.968. The third-order valence-corrected chi connectivity index (χ3v) is 0.316. The van der Waals surface area contributed by atoms with Crippen molar-refractivity contribution in [1.82, 2.24) is 12.3 Å². The molecular formula is C3H16N2O6S. The summed E-state index contributed by atoms with van der Waals surface area (Å²) in [7, 11) is -4.67. The first-order valence-electron chi connectivity index (χ1n) is 2.33. The first kappa shape index (κ1) is 22.6. The number of hydrogen-bond acceptors (Lipinski definition) is 6. The van der Waals surface area contributed by atoms with Gasteiger partial charge in [-0.25, -0.2) is 0 Å². The van der Waals surface area contributed by atoms with Crippen LogP contribution in [0.1, 0.15) is 6.42 Å². The lowest BCUT2D eigenvalue weighted by molar-refractivity contribution is 0.221. The van der Waals surface area contributed by atoms with Gasteiger partial charge in [-0.15, -0.1) is 0 Å². The van der Waals surface area contributed by atoms with Gasteiger partial charge in [0, 0.05) is 13.2 Å². The van der Waals surface area contributed by atoms with Crippen molar-refractivity contribution >= 4 is 10.4 Å². The van der Waals surface area contributed by atoms with Gasteiger partial charge in [-0.2, -0.15) is 8.42 Å². The van der Waals surface area contributed by atoms with E-state index in [0.717, 1.165) is 0 Å². The molecule has 0 amide bonds. The maximum atomic E-state index is 8.74. The van der Waals surface area contributed by atoms with Crippen LogP contribution in [-0.4, -0.2) is 41.0 Å². The van der Waals surface area contributed by atoms with Crippen molar-refractivity contribution in [3.05, 3.63) is 0 Å². The number of aliphatic hydroxyl groups is 2. The molecule has 0 heterocycles. The molecule has 0 unspecified atom stereocenters. The Kier molecular flexibility index (Phi) is 25.1. The molecule has 0 bridgehead atoms. The lowest BCUT2D eigenvalue weighted by Gasteiger charge is -1.79. The van der Waals surface area contributed by atoms with Gasteiger partial charge in [0.2, 0.25) is 0 Å². The molecule has 0 aromatic carbocycles. The minimum atomic E-state index is -4.67. The summed E-state index contributed by atoms with van der Waals surface area (Å²) in [6, 6.07) is 0. The van der Waals surface area contributed by atoms with Gasteiger partial charge in [0.25, 0.3) is 0 Å². The van der Waals surface area contributed by atoms with Crippen molar-refractivity contribution in [2.24, 2.45) is 0 Å². The Bertz CT molecular complexity index is 135. The van der Waals surface area contributed by atoms with E-state index in [1.807, 2.05) is 0 Å². The molecule has 0 saturated carbocycles. The summed E-state index contributed by atoms with van der Waals surface area (Å²) in [5, 5.41) is 15.8. The van der Waals surface area contributed by atoms with E-state index >= 15 is 0 Å². The standard InChI is InChI=1S/C3H8O2.2H3N.H2O4S/c4-2-1-3-5;;;1-5(2,3)4/h4-5H,1-3H2;2*1H3;(H2,1,2,3,4).